The van der Waals surface area contributed by atoms with Gasteiger partial charge in [0.15, 0.2) is 21.3 Å². The van der Waals surface area contributed by atoms with Crippen LogP contribution in [0.15, 0.2) is 47.4 Å². The summed E-state index contributed by atoms with van der Waals surface area (Å²) in [6, 6.07) is 10.7. The van der Waals surface area contributed by atoms with E-state index >= 15 is 0 Å². The van der Waals surface area contributed by atoms with E-state index in [1.165, 1.54) is 24.7 Å². The second-order valence-corrected chi connectivity index (χ2v) is 12.9. The number of piperidine rings is 1. The number of phenols is 1. The van der Waals surface area contributed by atoms with Crippen molar-refractivity contribution < 1.29 is 23.4 Å². The smallest absolute Gasteiger partial charge is 0.175 e. The topological polar surface area (TPSA) is 87.1 Å². The third-order valence-corrected chi connectivity index (χ3v) is 10.2. The number of aliphatic hydroxyl groups is 1. The van der Waals surface area contributed by atoms with E-state index in [-0.39, 0.29) is 16.7 Å². The zero-order valence-corrected chi connectivity index (χ0v) is 20.0. The highest BCUT2D eigenvalue weighted by Gasteiger charge is 2.71. The third-order valence-electron chi connectivity index (χ3n) is 9.04. The molecule has 2 fully saturated rings. The molecule has 2 aliphatic heterocycles. The van der Waals surface area contributed by atoms with Crippen LogP contribution in [0.4, 0.5) is 0 Å². The van der Waals surface area contributed by atoms with Gasteiger partial charge in [0.1, 0.15) is 6.10 Å². The second-order valence-electron chi connectivity index (χ2n) is 10.9. The summed E-state index contributed by atoms with van der Waals surface area (Å²) in [5.41, 5.74) is 2.40. The highest BCUT2D eigenvalue weighted by atomic mass is 32.2. The molecule has 1 spiro atoms. The van der Waals surface area contributed by atoms with Crippen molar-refractivity contribution in [2.24, 2.45) is 5.92 Å². The first-order valence-electron chi connectivity index (χ1n) is 12.2. The predicted molar refractivity (Wildman–Crippen MR) is 128 cm³/mol. The lowest BCUT2D eigenvalue weighted by Gasteiger charge is -2.62. The summed E-state index contributed by atoms with van der Waals surface area (Å²) in [6.45, 7) is 1.94. The zero-order chi connectivity index (χ0) is 23.5. The lowest BCUT2D eigenvalue weighted by atomic mass is 9.49. The van der Waals surface area contributed by atoms with Crippen molar-refractivity contribution in [2.45, 2.75) is 60.2 Å². The number of rotatable bonds is 4. The van der Waals surface area contributed by atoms with Crippen LogP contribution in [0.2, 0.25) is 0 Å². The Labute approximate surface area is 199 Å². The van der Waals surface area contributed by atoms with Gasteiger partial charge in [-0.15, -0.1) is 0 Å². The average molecular weight is 480 g/mol. The Balaban J connectivity index is 1.39. The minimum absolute atomic E-state index is 0.0151. The van der Waals surface area contributed by atoms with Gasteiger partial charge in [0.05, 0.1) is 15.9 Å². The lowest BCUT2D eigenvalue weighted by molar-refractivity contribution is -0.159. The van der Waals surface area contributed by atoms with Crippen molar-refractivity contribution in [3.05, 3.63) is 59.2 Å². The van der Waals surface area contributed by atoms with Gasteiger partial charge < -0.3 is 14.9 Å². The van der Waals surface area contributed by atoms with E-state index in [1.807, 2.05) is 18.2 Å². The van der Waals surface area contributed by atoms with Crippen LogP contribution in [0.5, 0.6) is 11.5 Å². The van der Waals surface area contributed by atoms with Crippen molar-refractivity contribution in [3.8, 4) is 11.5 Å². The van der Waals surface area contributed by atoms with Crippen LogP contribution >= 0.6 is 0 Å². The van der Waals surface area contributed by atoms with Crippen LogP contribution in [0.3, 0.4) is 0 Å². The maximum atomic E-state index is 12.5. The highest BCUT2D eigenvalue weighted by Crippen LogP contribution is 2.66. The normalized spacial score (nSPS) is 33.8. The number of hydrogen-bond acceptors (Lipinski definition) is 6. The summed E-state index contributed by atoms with van der Waals surface area (Å²) >= 11 is 0. The minimum atomic E-state index is -3.29. The number of aromatic hydroxyl groups is 1. The van der Waals surface area contributed by atoms with Crippen molar-refractivity contribution >= 4 is 15.4 Å². The van der Waals surface area contributed by atoms with Crippen LogP contribution in [-0.4, -0.2) is 60.6 Å². The molecule has 4 atom stereocenters. The molecular formula is C27H29NO5S. The molecule has 0 amide bonds. The van der Waals surface area contributed by atoms with E-state index in [1.54, 1.807) is 18.2 Å². The Morgan fingerprint density at radius 1 is 1.15 bits per heavy atom. The quantitative estimate of drug-likeness (QED) is 0.701. The van der Waals surface area contributed by atoms with Gasteiger partial charge in [-0.25, -0.2) is 8.42 Å². The van der Waals surface area contributed by atoms with Crippen LogP contribution in [0, 0.1) is 5.92 Å². The molecule has 5 aliphatic rings. The predicted octanol–water partition coefficient (Wildman–Crippen LogP) is 3.05. The molecule has 2 aromatic carbocycles. The summed E-state index contributed by atoms with van der Waals surface area (Å²) < 4.78 is 30.5. The number of hydrogen-bond donors (Lipinski definition) is 2. The summed E-state index contributed by atoms with van der Waals surface area (Å²) in [4.78, 5) is 2.79. The van der Waals surface area contributed by atoms with E-state index in [9.17, 15) is 18.6 Å². The number of sulfone groups is 1. The first kappa shape index (κ1) is 21.0. The molecule has 2 N–H and O–H groups in total. The van der Waals surface area contributed by atoms with Crippen molar-refractivity contribution in [2.75, 3.05) is 19.3 Å². The fourth-order valence-corrected chi connectivity index (χ4v) is 7.90. The monoisotopic (exact) mass is 479 g/mol. The summed E-state index contributed by atoms with van der Waals surface area (Å²) in [5, 5.41) is 23.2. The molecule has 0 radical (unpaired) electrons. The van der Waals surface area contributed by atoms with Gasteiger partial charge >= 0.3 is 0 Å². The van der Waals surface area contributed by atoms with Crippen molar-refractivity contribution in [1.82, 2.24) is 4.90 Å². The molecular weight excluding hydrogens is 450 g/mol. The summed E-state index contributed by atoms with van der Waals surface area (Å²) in [5.74, 6) is 1.37. The number of nitrogens with zero attached hydrogens (tertiary/aromatic N) is 1. The molecule has 7 heteroatoms. The first-order chi connectivity index (χ1) is 16.2. The SMILES string of the molecule is CS(=O)(=O)c1ccc(C2=CC[C@@]3(O)[C@H]4Cc5ccc(O)c6c5[C@@]3(CCN4CC3CC3)[C@H]2O6)cc1. The van der Waals surface area contributed by atoms with Crippen molar-refractivity contribution in [3.63, 3.8) is 0 Å². The van der Waals surface area contributed by atoms with Crippen LogP contribution in [-0.2, 0) is 21.7 Å². The van der Waals surface area contributed by atoms with E-state index in [0.717, 1.165) is 48.5 Å². The molecule has 2 bridgehead atoms. The van der Waals surface area contributed by atoms with Crippen molar-refractivity contribution in [1.29, 1.82) is 0 Å². The van der Waals surface area contributed by atoms with Crippen LogP contribution in [0.1, 0.15) is 42.4 Å². The second kappa shape index (κ2) is 6.65. The maximum absolute atomic E-state index is 12.5. The Morgan fingerprint density at radius 3 is 2.62 bits per heavy atom. The zero-order valence-electron chi connectivity index (χ0n) is 19.2. The molecule has 7 rings (SSSR count). The van der Waals surface area contributed by atoms with E-state index in [0.29, 0.717) is 12.2 Å². The molecule has 2 heterocycles. The molecule has 2 aromatic rings. The Hall–Kier alpha value is -2.35. The van der Waals surface area contributed by atoms with Crippen LogP contribution < -0.4 is 4.74 Å². The average Bonchev–Trinajstić information content (AvgIpc) is 3.54. The van der Waals surface area contributed by atoms with Gasteiger partial charge in [-0.05, 0) is 79.5 Å². The van der Waals surface area contributed by atoms with Gasteiger partial charge in [0.25, 0.3) is 0 Å². The summed E-state index contributed by atoms with van der Waals surface area (Å²) in [6.07, 6.45) is 7.45. The fourth-order valence-electron chi connectivity index (χ4n) is 7.27. The van der Waals surface area contributed by atoms with E-state index < -0.39 is 27.0 Å². The first-order valence-corrected chi connectivity index (χ1v) is 14.1. The Kier molecular flexibility index (Phi) is 4.10. The molecule has 3 aliphatic carbocycles. The number of ether oxygens (including phenoxy) is 1. The molecule has 34 heavy (non-hydrogen) atoms. The molecule has 0 unspecified atom stereocenters. The van der Waals surface area contributed by atoms with Gasteiger partial charge in [0, 0.05) is 24.4 Å². The van der Waals surface area contributed by atoms with E-state index in [2.05, 4.69) is 11.0 Å². The van der Waals surface area contributed by atoms with E-state index in [4.69, 9.17) is 4.74 Å². The lowest BCUT2D eigenvalue weighted by Crippen LogP contribution is -2.74. The highest BCUT2D eigenvalue weighted by molar-refractivity contribution is 7.90. The molecule has 178 valence electrons. The largest absolute Gasteiger partial charge is 0.504 e. The standard InChI is InChI=1S/C27H29NO5S/c1-34(31,32)19-7-4-17(5-8-19)20-10-11-27(30)22-14-18-6-9-21(29)24-23(18)26(27,25(20)33-24)12-13-28(22)15-16-2-3-16/h4-10,16,22,25,29-30H,2-3,11-15H2,1H3/t22-,25+,26+,27-/m1/s1. The maximum Gasteiger partial charge on any atom is 0.175 e. The minimum Gasteiger partial charge on any atom is -0.504 e. The van der Waals surface area contributed by atoms with Gasteiger partial charge in [-0.2, -0.15) is 0 Å². The number of benzene rings is 2. The molecule has 1 saturated heterocycles. The summed E-state index contributed by atoms with van der Waals surface area (Å²) in [7, 11) is -3.29. The molecule has 6 nitrogen and oxygen atoms in total. The van der Waals surface area contributed by atoms with Crippen LogP contribution in [0.25, 0.3) is 5.57 Å². The van der Waals surface area contributed by atoms with Gasteiger partial charge in [-0.3, -0.25) is 4.90 Å². The molecule has 0 aromatic heterocycles. The number of likely N-dealkylation sites (tertiary alicyclic amines) is 1. The third kappa shape index (κ3) is 2.61. The van der Waals surface area contributed by atoms with Gasteiger partial charge in [0.2, 0.25) is 0 Å². The molecule has 1 saturated carbocycles. The number of phenolic OH excluding ortho intramolecular Hbond substituents is 1. The van der Waals surface area contributed by atoms with Gasteiger partial charge in [-0.1, -0.05) is 24.3 Å². The fraction of sp³-hybridized carbons (Fsp3) is 0.481. The Morgan fingerprint density at radius 2 is 1.91 bits per heavy atom. The Bertz CT molecular complexity index is 1350.